The van der Waals surface area contributed by atoms with Gasteiger partial charge in [-0.1, -0.05) is 12.1 Å². The Hall–Kier alpha value is -1.04. The third-order valence-electron chi connectivity index (χ3n) is 3.20. The van der Waals surface area contributed by atoms with Gasteiger partial charge in [0.2, 0.25) is 0 Å². The monoisotopic (exact) mass is 392 g/mol. The van der Waals surface area contributed by atoms with Gasteiger partial charge in [-0.2, -0.15) is 0 Å². The van der Waals surface area contributed by atoms with Crippen LogP contribution in [0.5, 0.6) is 0 Å². The number of fused-ring (bicyclic) bond motifs is 6. The molecule has 3 aromatic heterocycles. The minimum absolute atomic E-state index is 0.955. The van der Waals surface area contributed by atoms with E-state index in [1.54, 1.807) is 11.3 Å². The zero-order valence-corrected chi connectivity index (χ0v) is 13.5. The van der Waals surface area contributed by atoms with E-state index in [1.807, 2.05) is 24.5 Å². The Morgan fingerprint density at radius 2 is 1.26 bits per heavy atom. The van der Waals surface area contributed by atoms with Crippen LogP contribution in [-0.2, 0) is 0 Å². The van der Waals surface area contributed by atoms with Crippen molar-refractivity contribution in [2.75, 3.05) is 0 Å². The van der Waals surface area contributed by atoms with Gasteiger partial charge in [-0.05, 0) is 44.0 Å². The number of hydrogen-bond donors (Lipinski definition) is 0. The summed E-state index contributed by atoms with van der Waals surface area (Å²) in [5.74, 6) is 0. The van der Waals surface area contributed by atoms with Crippen molar-refractivity contribution in [1.82, 2.24) is 9.97 Å². The third kappa shape index (κ3) is 1.58. The normalized spacial score (nSPS) is 11.7. The molecule has 0 unspecified atom stereocenters. The predicted molar refractivity (Wildman–Crippen MR) is 87.8 cm³/mol. The van der Waals surface area contributed by atoms with Crippen molar-refractivity contribution in [3.63, 3.8) is 0 Å². The molecule has 0 aliphatic heterocycles. The van der Waals surface area contributed by atoms with E-state index in [4.69, 9.17) is 0 Å². The van der Waals surface area contributed by atoms with Gasteiger partial charge >= 0.3 is 0 Å². The van der Waals surface area contributed by atoms with Crippen molar-refractivity contribution in [1.29, 1.82) is 0 Å². The molecule has 4 aromatic rings. The molecule has 4 rings (SSSR count). The van der Waals surface area contributed by atoms with E-state index in [-0.39, 0.29) is 0 Å². The van der Waals surface area contributed by atoms with Crippen LogP contribution in [0.3, 0.4) is 0 Å². The molecule has 3 heterocycles. The maximum atomic E-state index is 4.52. The van der Waals surface area contributed by atoms with Gasteiger partial charge < -0.3 is 0 Å². The Labute approximate surface area is 129 Å². The molecule has 2 nitrogen and oxygen atoms in total. The first kappa shape index (κ1) is 11.8. The lowest BCUT2D eigenvalue weighted by molar-refractivity contribution is 1.38. The van der Waals surface area contributed by atoms with E-state index in [1.165, 1.54) is 10.8 Å². The van der Waals surface area contributed by atoms with Crippen LogP contribution in [0.2, 0.25) is 0 Å². The van der Waals surface area contributed by atoms with Crippen molar-refractivity contribution < 1.29 is 0 Å². The van der Waals surface area contributed by atoms with Crippen molar-refractivity contribution in [2.45, 2.75) is 0 Å². The van der Waals surface area contributed by atoms with E-state index in [2.05, 4.69) is 54.0 Å². The van der Waals surface area contributed by atoms with Crippen molar-refractivity contribution in [3.05, 3.63) is 44.2 Å². The first-order valence-electron chi connectivity index (χ1n) is 5.66. The topological polar surface area (TPSA) is 25.8 Å². The zero-order chi connectivity index (χ0) is 13.0. The van der Waals surface area contributed by atoms with Crippen LogP contribution in [0.4, 0.5) is 0 Å². The van der Waals surface area contributed by atoms with Crippen LogP contribution in [0.1, 0.15) is 0 Å². The average Bonchev–Trinajstić information content (AvgIpc) is 2.75. The molecule has 0 amide bonds. The van der Waals surface area contributed by atoms with Gasteiger partial charge in [0.1, 0.15) is 0 Å². The Morgan fingerprint density at radius 1 is 0.789 bits per heavy atom. The van der Waals surface area contributed by atoms with Crippen LogP contribution in [0.25, 0.3) is 32.6 Å². The number of aromatic nitrogens is 2. The van der Waals surface area contributed by atoms with Crippen LogP contribution < -0.4 is 0 Å². The molecule has 0 saturated carbocycles. The van der Waals surface area contributed by atoms with Crippen LogP contribution in [0, 0.1) is 0 Å². The summed E-state index contributed by atoms with van der Waals surface area (Å²) in [6.45, 7) is 0. The molecule has 0 aliphatic carbocycles. The second-order valence-electron chi connectivity index (χ2n) is 4.20. The molecule has 0 radical (unpaired) electrons. The molecule has 0 fully saturated rings. The lowest BCUT2D eigenvalue weighted by Gasteiger charge is -2.05. The highest BCUT2D eigenvalue weighted by atomic mass is 79.9. The Kier molecular flexibility index (Phi) is 2.62. The highest BCUT2D eigenvalue weighted by Gasteiger charge is 2.16. The number of pyridine rings is 2. The van der Waals surface area contributed by atoms with E-state index in [0.29, 0.717) is 0 Å². The number of rotatable bonds is 0. The average molecular weight is 394 g/mol. The summed E-state index contributed by atoms with van der Waals surface area (Å²) in [6.07, 6.45) is 3.63. The number of halogens is 2. The Bertz CT molecular complexity index is 871. The van der Waals surface area contributed by atoms with E-state index < -0.39 is 0 Å². The number of nitrogens with zero attached hydrogens (tertiary/aromatic N) is 2. The summed E-state index contributed by atoms with van der Waals surface area (Å²) in [4.78, 5) is 9.03. The molecule has 0 atom stereocenters. The molecule has 5 heteroatoms. The van der Waals surface area contributed by atoms with Gasteiger partial charge in [0, 0.05) is 33.9 Å². The molecule has 0 saturated heterocycles. The summed E-state index contributed by atoms with van der Waals surface area (Å²) in [6, 6.07) is 8.13. The molecule has 19 heavy (non-hydrogen) atoms. The smallest absolute Gasteiger partial charge is 0.0971 e. The minimum atomic E-state index is 0.955. The van der Waals surface area contributed by atoms with Gasteiger partial charge in [0.25, 0.3) is 0 Å². The summed E-state index contributed by atoms with van der Waals surface area (Å²) >= 11 is 9.02. The molecule has 0 spiro atoms. The van der Waals surface area contributed by atoms with Crippen molar-refractivity contribution in [3.8, 4) is 0 Å². The fraction of sp³-hybridized carbons (Fsp3) is 0. The second-order valence-corrected chi connectivity index (χ2v) is 7.86. The fourth-order valence-electron chi connectivity index (χ4n) is 2.45. The number of benzene rings is 1. The summed E-state index contributed by atoms with van der Waals surface area (Å²) in [5.41, 5.74) is 1.91. The molecular formula is C14H6Br2N2S. The van der Waals surface area contributed by atoms with Crippen LogP contribution >= 0.6 is 43.2 Å². The maximum absolute atomic E-state index is 4.52. The molecule has 92 valence electrons. The molecular weight excluding hydrogens is 388 g/mol. The van der Waals surface area contributed by atoms with Crippen molar-refractivity contribution >= 4 is 75.8 Å². The van der Waals surface area contributed by atoms with Gasteiger partial charge in [0.05, 0.1) is 18.6 Å². The first-order valence-corrected chi connectivity index (χ1v) is 8.06. The summed E-state index contributed by atoms with van der Waals surface area (Å²) in [7, 11) is 0. The fourth-order valence-corrected chi connectivity index (χ4v) is 5.68. The van der Waals surface area contributed by atoms with Gasteiger partial charge in [-0.15, -0.1) is 11.3 Å². The van der Waals surface area contributed by atoms with Gasteiger partial charge in [-0.3, -0.25) is 9.97 Å². The van der Waals surface area contributed by atoms with Crippen LogP contribution in [-0.4, -0.2) is 9.97 Å². The Morgan fingerprint density at radius 3 is 1.74 bits per heavy atom. The first-order chi connectivity index (χ1) is 9.27. The Balaban J connectivity index is 2.49. The van der Waals surface area contributed by atoms with E-state index in [9.17, 15) is 0 Å². The van der Waals surface area contributed by atoms with Gasteiger partial charge in [-0.25, -0.2) is 0 Å². The highest BCUT2D eigenvalue weighted by Crippen LogP contribution is 2.45. The summed E-state index contributed by atoms with van der Waals surface area (Å²) < 4.78 is 2.25. The number of thiophene rings is 1. The lowest BCUT2D eigenvalue weighted by atomic mass is 10.0. The minimum Gasteiger partial charge on any atom is -0.254 e. The standard InChI is InChI=1S/C14H6Br2N2S/c15-13-9-7-3-1-5-17-11(7)12-8(4-2-6-18-12)10(9)14(16)19-13/h1-6H. The quantitative estimate of drug-likeness (QED) is 0.367. The molecule has 0 bridgehead atoms. The molecule has 0 aliphatic rings. The van der Waals surface area contributed by atoms with Crippen molar-refractivity contribution in [2.24, 2.45) is 0 Å². The van der Waals surface area contributed by atoms with Gasteiger partial charge in [0.15, 0.2) is 0 Å². The number of hydrogen-bond acceptors (Lipinski definition) is 3. The van der Waals surface area contributed by atoms with E-state index in [0.717, 1.165) is 29.4 Å². The summed E-state index contributed by atoms with van der Waals surface area (Å²) in [5, 5.41) is 4.69. The van der Waals surface area contributed by atoms with E-state index >= 15 is 0 Å². The SMILES string of the molecule is Brc1sc(Br)c2c3cccnc3c3ncccc3c12. The zero-order valence-electron chi connectivity index (χ0n) is 9.52. The van der Waals surface area contributed by atoms with Crippen LogP contribution in [0.15, 0.2) is 44.2 Å². The highest BCUT2D eigenvalue weighted by molar-refractivity contribution is 9.12. The molecule has 0 N–H and O–H groups in total. The maximum Gasteiger partial charge on any atom is 0.0971 e. The largest absolute Gasteiger partial charge is 0.254 e. The predicted octanol–water partition coefficient (Wildman–Crippen LogP) is 5.52. The lowest BCUT2D eigenvalue weighted by Crippen LogP contribution is -1.86. The molecule has 1 aromatic carbocycles. The second kappa shape index (κ2) is 4.23. The third-order valence-corrected chi connectivity index (χ3v) is 5.73.